The zero-order chi connectivity index (χ0) is 13.8. The van der Waals surface area contributed by atoms with Gasteiger partial charge < -0.3 is 10.6 Å². The summed E-state index contributed by atoms with van der Waals surface area (Å²) in [4.78, 5) is 6.98. The lowest BCUT2D eigenvalue weighted by molar-refractivity contribution is 0.708. The lowest BCUT2D eigenvalue weighted by atomic mass is 10.1. The molecule has 0 amide bonds. The van der Waals surface area contributed by atoms with Gasteiger partial charge in [0.15, 0.2) is 0 Å². The topological polar surface area (TPSA) is 42.1 Å². The number of nitrogens with two attached hydrogens (primary N) is 1. The number of aromatic nitrogens is 1. The molecule has 3 nitrogen and oxygen atoms in total. The third kappa shape index (κ3) is 2.83. The summed E-state index contributed by atoms with van der Waals surface area (Å²) in [5.74, 6) is 0. The zero-order valence-electron chi connectivity index (χ0n) is 11.8. The molecular formula is C17H21N3. The van der Waals surface area contributed by atoms with E-state index in [0.29, 0.717) is 6.54 Å². The van der Waals surface area contributed by atoms with Crippen LogP contribution in [0.15, 0.2) is 42.6 Å². The van der Waals surface area contributed by atoms with Gasteiger partial charge in [-0.05, 0) is 42.5 Å². The second-order valence-corrected chi connectivity index (χ2v) is 5.37. The lowest BCUT2D eigenvalue weighted by Gasteiger charge is -2.24. The van der Waals surface area contributed by atoms with Crippen molar-refractivity contribution in [2.75, 3.05) is 11.4 Å². The van der Waals surface area contributed by atoms with Crippen LogP contribution in [0.3, 0.4) is 0 Å². The molecule has 1 aromatic heterocycles. The number of anilines is 1. The highest BCUT2D eigenvalue weighted by molar-refractivity contribution is 5.54. The van der Waals surface area contributed by atoms with Crippen molar-refractivity contribution in [3.8, 4) is 0 Å². The average molecular weight is 267 g/mol. The van der Waals surface area contributed by atoms with Crippen LogP contribution in [0.5, 0.6) is 0 Å². The second kappa shape index (κ2) is 6.06. The van der Waals surface area contributed by atoms with Gasteiger partial charge in [-0.1, -0.05) is 24.3 Å². The molecule has 0 saturated carbocycles. The fraction of sp³-hybridized carbons (Fsp3) is 0.353. The third-order valence-corrected chi connectivity index (χ3v) is 3.93. The second-order valence-electron chi connectivity index (χ2n) is 5.37. The summed E-state index contributed by atoms with van der Waals surface area (Å²) < 4.78 is 0. The van der Waals surface area contributed by atoms with Gasteiger partial charge in [0.25, 0.3) is 0 Å². The molecule has 0 unspecified atom stereocenters. The lowest BCUT2D eigenvalue weighted by Crippen LogP contribution is -2.24. The molecule has 2 aromatic rings. The summed E-state index contributed by atoms with van der Waals surface area (Å²) in [6, 6.07) is 12.9. The summed E-state index contributed by atoms with van der Waals surface area (Å²) in [5, 5.41) is 0. The van der Waals surface area contributed by atoms with Crippen LogP contribution in [-0.4, -0.2) is 11.5 Å². The zero-order valence-corrected chi connectivity index (χ0v) is 11.8. The van der Waals surface area contributed by atoms with Crippen LogP contribution in [0.4, 0.5) is 5.69 Å². The predicted octanol–water partition coefficient (Wildman–Crippen LogP) is 2.88. The van der Waals surface area contributed by atoms with Crippen molar-refractivity contribution >= 4 is 5.69 Å². The van der Waals surface area contributed by atoms with Crippen LogP contribution in [0, 0.1) is 0 Å². The molecule has 0 spiro atoms. The van der Waals surface area contributed by atoms with E-state index in [4.69, 9.17) is 5.73 Å². The summed E-state index contributed by atoms with van der Waals surface area (Å²) >= 11 is 0. The Labute approximate surface area is 120 Å². The Kier molecular flexibility index (Phi) is 3.97. The van der Waals surface area contributed by atoms with Gasteiger partial charge >= 0.3 is 0 Å². The van der Waals surface area contributed by atoms with Crippen molar-refractivity contribution in [3.05, 3.63) is 59.4 Å². The minimum atomic E-state index is 0.555. The fourth-order valence-electron chi connectivity index (χ4n) is 2.80. The molecule has 0 atom stereocenters. The maximum atomic E-state index is 5.62. The van der Waals surface area contributed by atoms with E-state index >= 15 is 0 Å². The number of aryl methyl sites for hydroxylation is 1. The van der Waals surface area contributed by atoms with E-state index in [1.807, 2.05) is 6.20 Å². The number of rotatable bonds is 3. The van der Waals surface area contributed by atoms with E-state index < -0.39 is 0 Å². The fourth-order valence-corrected chi connectivity index (χ4v) is 2.80. The van der Waals surface area contributed by atoms with Crippen molar-refractivity contribution in [1.29, 1.82) is 0 Å². The van der Waals surface area contributed by atoms with Gasteiger partial charge in [-0.25, -0.2) is 0 Å². The van der Waals surface area contributed by atoms with Crippen molar-refractivity contribution in [1.82, 2.24) is 4.98 Å². The summed E-state index contributed by atoms with van der Waals surface area (Å²) in [6.07, 6.45) is 5.59. The minimum absolute atomic E-state index is 0.555. The van der Waals surface area contributed by atoms with E-state index in [9.17, 15) is 0 Å². The molecule has 3 heteroatoms. The highest BCUT2D eigenvalue weighted by Gasteiger charge is 2.15. The normalized spacial score (nSPS) is 14.8. The molecule has 3 rings (SSSR count). The quantitative estimate of drug-likeness (QED) is 0.929. The van der Waals surface area contributed by atoms with Gasteiger partial charge in [0.1, 0.15) is 0 Å². The van der Waals surface area contributed by atoms with Crippen LogP contribution in [-0.2, 0) is 19.5 Å². The minimum Gasteiger partial charge on any atom is -0.365 e. The number of nitrogens with zero attached hydrogens (tertiary/aromatic N) is 2. The first-order valence-corrected chi connectivity index (χ1v) is 7.33. The number of benzene rings is 1. The molecule has 2 heterocycles. The average Bonchev–Trinajstić information content (AvgIpc) is 2.71. The molecule has 0 saturated heterocycles. The van der Waals surface area contributed by atoms with Gasteiger partial charge in [-0.15, -0.1) is 0 Å². The number of para-hydroxylation sites is 1. The van der Waals surface area contributed by atoms with Crippen LogP contribution in [0.1, 0.15) is 29.7 Å². The maximum absolute atomic E-state index is 5.62. The van der Waals surface area contributed by atoms with Crippen LogP contribution in [0.25, 0.3) is 0 Å². The number of pyridine rings is 1. The van der Waals surface area contributed by atoms with Gasteiger partial charge in [-0.3, -0.25) is 4.98 Å². The molecule has 1 aromatic carbocycles. The number of fused-ring (bicyclic) bond motifs is 1. The van der Waals surface area contributed by atoms with Crippen molar-refractivity contribution in [2.45, 2.75) is 32.4 Å². The standard InChI is InChI=1S/C17H21N3/c18-11-14-8-9-16(19-12-14)13-20-10-4-3-6-15-5-1-2-7-17(15)20/h1-2,5,7-9,12H,3-4,6,10-11,13,18H2. The van der Waals surface area contributed by atoms with E-state index in [1.54, 1.807) is 0 Å². The van der Waals surface area contributed by atoms with Crippen molar-refractivity contribution in [2.24, 2.45) is 5.73 Å². The largest absolute Gasteiger partial charge is 0.365 e. The third-order valence-electron chi connectivity index (χ3n) is 3.93. The van der Waals surface area contributed by atoms with Crippen LogP contribution in [0.2, 0.25) is 0 Å². The Morgan fingerprint density at radius 2 is 2.00 bits per heavy atom. The Morgan fingerprint density at radius 1 is 1.10 bits per heavy atom. The van der Waals surface area contributed by atoms with E-state index in [-0.39, 0.29) is 0 Å². The molecule has 104 valence electrons. The Balaban J connectivity index is 1.82. The Morgan fingerprint density at radius 3 is 2.80 bits per heavy atom. The molecule has 0 fully saturated rings. The predicted molar refractivity (Wildman–Crippen MR) is 82.6 cm³/mol. The smallest absolute Gasteiger partial charge is 0.0602 e. The van der Waals surface area contributed by atoms with Crippen molar-refractivity contribution in [3.63, 3.8) is 0 Å². The first-order chi connectivity index (χ1) is 9.86. The first kappa shape index (κ1) is 13.1. The highest BCUT2D eigenvalue weighted by Crippen LogP contribution is 2.27. The molecule has 1 aliphatic heterocycles. The van der Waals surface area contributed by atoms with Crippen LogP contribution < -0.4 is 10.6 Å². The van der Waals surface area contributed by atoms with E-state index in [1.165, 1.54) is 30.5 Å². The van der Waals surface area contributed by atoms with Crippen molar-refractivity contribution < 1.29 is 0 Å². The van der Waals surface area contributed by atoms with Crippen LogP contribution >= 0.6 is 0 Å². The van der Waals surface area contributed by atoms with Gasteiger partial charge in [0.05, 0.1) is 12.2 Å². The summed E-state index contributed by atoms with van der Waals surface area (Å²) in [6.45, 7) is 2.54. The highest BCUT2D eigenvalue weighted by atomic mass is 15.1. The molecule has 0 aliphatic carbocycles. The van der Waals surface area contributed by atoms with Gasteiger partial charge in [0.2, 0.25) is 0 Å². The van der Waals surface area contributed by atoms with Gasteiger partial charge in [0, 0.05) is 25.0 Å². The Bertz CT molecular complexity index is 563. The summed E-state index contributed by atoms with van der Waals surface area (Å²) in [7, 11) is 0. The maximum Gasteiger partial charge on any atom is 0.0602 e. The monoisotopic (exact) mass is 267 g/mol. The van der Waals surface area contributed by atoms with E-state index in [2.05, 4.69) is 46.3 Å². The Hall–Kier alpha value is -1.87. The molecule has 2 N–H and O–H groups in total. The molecule has 20 heavy (non-hydrogen) atoms. The molecule has 0 radical (unpaired) electrons. The van der Waals surface area contributed by atoms with E-state index in [0.717, 1.165) is 24.3 Å². The number of hydrogen-bond donors (Lipinski definition) is 1. The molecule has 0 bridgehead atoms. The molecule has 1 aliphatic rings. The summed E-state index contributed by atoms with van der Waals surface area (Å²) in [5.41, 5.74) is 10.6. The first-order valence-electron chi connectivity index (χ1n) is 7.33. The molecular weight excluding hydrogens is 246 g/mol. The number of hydrogen-bond acceptors (Lipinski definition) is 3. The SMILES string of the molecule is NCc1ccc(CN2CCCCc3ccccc32)nc1. The van der Waals surface area contributed by atoms with Gasteiger partial charge in [-0.2, -0.15) is 0 Å².